The molecule has 11 heteroatoms. The highest BCUT2D eigenvalue weighted by molar-refractivity contribution is 5.97. The number of carbonyl (C=O) groups excluding carboxylic acids is 2. The van der Waals surface area contributed by atoms with E-state index in [1.807, 2.05) is 45.2 Å². The Bertz CT molecular complexity index is 1230. The van der Waals surface area contributed by atoms with Crippen molar-refractivity contribution in [2.75, 3.05) is 50.9 Å². The fourth-order valence-electron chi connectivity index (χ4n) is 5.05. The van der Waals surface area contributed by atoms with Crippen LogP contribution in [0.4, 0.5) is 18.9 Å². The van der Waals surface area contributed by atoms with Crippen LogP contribution in [0.25, 0.3) is 0 Å². The molecule has 1 spiro atoms. The van der Waals surface area contributed by atoms with E-state index in [-0.39, 0.29) is 24.6 Å². The normalized spacial score (nSPS) is 19.1. The van der Waals surface area contributed by atoms with E-state index >= 15 is 0 Å². The van der Waals surface area contributed by atoms with Crippen molar-refractivity contribution in [1.82, 2.24) is 9.91 Å². The number of carbonyl (C=O) groups is 2. The van der Waals surface area contributed by atoms with Gasteiger partial charge in [-0.1, -0.05) is 6.08 Å². The number of rotatable bonds is 11. The van der Waals surface area contributed by atoms with Gasteiger partial charge in [0.15, 0.2) is 5.78 Å². The number of hydrogen-bond acceptors (Lipinski definition) is 8. The minimum absolute atomic E-state index is 0.192. The highest BCUT2D eigenvalue weighted by Crippen LogP contribution is 2.32. The lowest BCUT2D eigenvalue weighted by Crippen LogP contribution is -2.52. The third-order valence-corrected chi connectivity index (χ3v) is 7.43. The van der Waals surface area contributed by atoms with Crippen molar-refractivity contribution in [1.29, 1.82) is 0 Å². The Hall–Kier alpha value is -3.44. The van der Waals surface area contributed by atoms with E-state index in [0.29, 0.717) is 55.9 Å². The molecule has 2 saturated heterocycles. The number of anilines is 1. The number of halogens is 3. The fraction of sp³-hybridized carbons (Fsp3) is 0.531. The molecular weight excluding hydrogens is 561 g/mol. The zero-order valence-corrected chi connectivity index (χ0v) is 25.5. The van der Waals surface area contributed by atoms with Gasteiger partial charge in [-0.05, 0) is 58.0 Å². The largest absolute Gasteiger partial charge is 0.457 e. The highest BCUT2D eigenvalue weighted by Gasteiger charge is 2.41. The predicted molar refractivity (Wildman–Crippen MR) is 162 cm³/mol. The molecule has 0 aromatic heterocycles. The number of hydrogen-bond donors (Lipinski definition) is 1. The summed E-state index contributed by atoms with van der Waals surface area (Å²) in [7, 11) is 0. The molecule has 0 atom stereocenters. The Morgan fingerprint density at radius 1 is 1.16 bits per heavy atom. The van der Waals surface area contributed by atoms with Crippen molar-refractivity contribution >= 4 is 23.2 Å². The molecule has 2 aliphatic rings. The van der Waals surface area contributed by atoms with Crippen LogP contribution in [0, 0.1) is 0 Å². The number of piperidine rings is 1. The Morgan fingerprint density at radius 3 is 2.44 bits per heavy atom. The molecule has 2 fully saturated rings. The number of esters is 1. The first-order valence-corrected chi connectivity index (χ1v) is 14.6. The van der Waals surface area contributed by atoms with Crippen LogP contribution >= 0.6 is 0 Å². The summed E-state index contributed by atoms with van der Waals surface area (Å²) in [4.78, 5) is 28.7. The SMILES string of the molecule is C/C(C/C(F)=C\C(F)=C/CF)=N\N(/C=C/CN1CCC2(CC1)CN(c1ccc(C(=O)CO)cc1)CCC(=O)O2)C(C)(C)C. The maximum absolute atomic E-state index is 14.1. The molecular formula is C32H43F3N4O4. The van der Waals surface area contributed by atoms with E-state index in [4.69, 9.17) is 9.84 Å². The lowest BCUT2D eigenvalue weighted by Gasteiger charge is -2.42. The average molecular weight is 605 g/mol. The summed E-state index contributed by atoms with van der Waals surface area (Å²) in [5.41, 5.74) is 0.772. The van der Waals surface area contributed by atoms with Gasteiger partial charge in [0.25, 0.3) is 0 Å². The second kappa shape index (κ2) is 15.3. The van der Waals surface area contributed by atoms with Crippen LogP contribution in [-0.2, 0) is 9.53 Å². The molecule has 0 unspecified atom stereocenters. The van der Waals surface area contributed by atoms with E-state index < -0.39 is 36.1 Å². The zero-order valence-electron chi connectivity index (χ0n) is 25.5. The second-order valence-corrected chi connectivity index (χ2v) is 12.0. The van der Waals surface area contributed by atoms with Gasteiger partial charge in [-0.3, -0.25) is 19.5 Å². The van der Waals surface area contributed by atoms with Gasteiger partial charge in [0, 0.05) is 74.7 Å². The lowest BCUT2D eigenvalue weighted by molar-refractivity contribution is -0.161. The Kier molecular flexibility index (Phi) is 12.1. The number of allylic oxidation sites excluding steroid dienone is 4. The maximum atomic E-state index is 14.1. The van der Waals surface area contributed by atoms with Crippen molar-refractivity contribution < 1.29 is 32.6 Å². The van der Waals surface area contributed by atoms with E-state index in [1.165, 1.54) is 0 Å². The summed E-state index contributed by atoms with van der Waals surface area (Å²) in [6.45, 7) is 9.19. The molecule has 43 heavy (non-hydrogen) atoms. The first kappa shape index (κ1) is 34.1. The fourth-order valence-corrected chi connectivity index (χ4v) is 5.05. The van der Waals surface area contributed by atoms with Gasteiger partial charge in [0.2, 0.25) is 0 Å². The molecule has 1 N–H and O–H groups in total. The summed E-state index contributed by atoms with van der Waals surface area (Å²) >= 11 is 0. The van der Waals surface area contributed by atoms with Gasteiger partial charge < -0.3 is 14.7 Å². The minimum atomic E-state index is -1.00. The van der Waals surface area contributed by atoms with E-state index in [1.54, 1.807) is 24.1 Å². The molecule has 2 aliphatic heterocycles. The first-order valence-electron chi connectivity index (χ1n) is 14.6. The van der Waals surface area contributed by atoms with Gasteiger partial charge in [0.05, 0.1) is 18.5 Å². The standard InChI is InChI=1S/C32H43F3N4O4/c1-24(20-27(35)21-26(34)10-14-33)36-39(31(2,3)4)16-5-15-37-18-12-32(13-19-37)23-38(17-11-30(42)43-32)28-8-6-25(7-9-28)29(41)22-40/h5-10,16,21,40H,11-15,17-20,22-23H2,1-4H3/b16-5+,26-10+,27-21+,36-24+. The smallest absolute Gasteiger partial charge is 0.308 e. The third kappa shape index (κ3) is 10.4. The van der Waals surface area contributed by atoms with Crippen LogP contribution in [0.2, 0.25) is 0 Å². The van der Waals surface area contributed by atoms with Crippen LogP contribution in [0.15, 0.2) is 65.4 Å². The number of Topliss-reactive ketones (excluding diaryl/α,β-unsaturated/α-hetero) is 1. The molecule has 1 aromatic carbocycles. The van der Waals surface area contributed by atoms with Crippen LogP contribution < -0.4 is 4.90 Å². The maximum Gasteiger partial charge on any atom is 0.308 e. The monoisotopic (exact) mass is 604 g/mol. The van der Waals surface area contributed by atoms with Crippen molar-refractivity contribution in [3.63, 3.8) is 0 Å². The summed E-state index contributed by atoms with van der Waals surface area (Å²) in [6.07, 6.45) is 6.58. The second-order valence-electron chi connectivity index (χ2n) is 12.0. The zero-order chi connectivity index (χ0) is 31.6. The highest BCUT2D eigenvalue weighted by atomic mass is 19.1. The molecule has 2 heterocycles. The molecule has 0 radical (unpaired) electrons. The first-order chi connectivity index (χ1) is 20.3. The van der Waals surface area contributed by atoms with Gasteiger partial charge >= 0.3 is 5.97 Å². The summed E-state index contributed by atoms with van der Waals surface area (Å²) in [5, 5.41) is 15.4. The van der Waals surface area contributed by atoms with E-state index in [9.17, 15) is 22.8 Å². The molecule has 1 aromatic rings. The van der Waals surface area contributed by atoms with Crippen molar-refractivity contribution in [2.24, 2.45) is 5.10 Å². The molecule has 236 valence electrons. The third-order valence-electron chi connectivity index (χ3n) is 7.43. The quantitative estimate of drug-likeness (QED) is 0.117. The lowest BCUT2D eigenvalue weighted by atomic mass is 9.90. The summed E-state index contributed by atoms with van der Waals surface area (Å²) < 4.78 is 45.7. The molecule has 0 amide bonds. The number of aliphatic hydroxyl groups is 1. The number of ether oxygens (including phenoxy) is 1. The number of ketones is 1. The number of aliphatic hydroxyl groups excluding tert-OH is 1. The number of nitrogens with zero attached hydrogens (tertiary/aromatic N) is 4. The van der Waals surface area contributed by atoms with Crippen LogP contribution in [0.1, 0.15) is 63.7 Å². The number of benzene rings is 1. The Balaban J connectivity index is 1.61. The van der Waals surface area contributed by atoms with Gasteiger partial charge in [-0.25, -0.2) is 13.2 Å². The van der Waals surface area contributed by atoms with Gasteiger partial charge in [0.1, 0.15) is 30.5 Å². The van der Waals surface area contributed by atoms with Gasteiger partial charge in [-0.2, -0.15) is 5.10 Å². The number of hydrazone groups is 1. The van der Waals surface area contributed by atoms with Crippen molar-refractivity contribution in [3.8, 4) is 0 Å². The molecule has 0 bridgehead atoms. The molecule has 3 rings (SSSR count). The Morgan fingerprint density at radius 2 is 1.84 bits per heavy atom. The van der Waals surface area contributed by atoms with Crippen LogP contribution in [-0.4, -0.2) is 89.6 Å². The van der Waals surface area contributed by atoms with Crippen LogP contribution in [0.3, 0.4) is 0 Å². The van der Waals surface area contributed by atoms with Crippen molar-refractivity contribution in [3.05, 3.63) is 65.9 Å². The van der Waals surface area contributed by atoms with E-state index in [2.05, 4.69) is 14.9 Å². The molecule has 0 saturated carbocycles. The molecule has 0 aliphatic carbocycles. The number of alkyl halides is 1. The van der Waals surface area contributed by atoms with Crippen molar-refractivity contribution in [2.45, 2.75) is 64.5 Å². The average Bonchev–Trinajstić information content (AvgIpc) is 3.11. The summed E-state index contributed by atoms with van der Waals surface area (Å²) in [6, 6.07) is 7.05. The van der Waals surface area contributed by atoms with Crippen LogP contribution in [0.5, 0.6) is 0 Å². The predicted octanol–water partition coefficient (Wildman–Crippen LogP) is 5.51. The molecule has 8 nitrogen and oxygen atoms in total. The minimum Gasteiger partial charge on any atom is -0.457 e. The Labute approximate surface area is 252 Å². The van der Waals surface area contributed by atoms with E-state index in [0.717, 1.165) is 18.8 Å². The topological polar surface area (TPSA) is 85.7 Å². The van der Waals surface area contributed by atoms with Gasteiger partial charge in [-0.15, -0.1) is 0 Å². The summed E-state index contributed by atoms with van der Waals surface area (Å²) in [5.74, 6) is -2.26. The number of likely N-dealkylation sites (tertiary alicyclic amines) is 1.